The second-order valence-electron chi connectivity index (χ2n) is 9.53. The molecule has 1 saturated heterocycles. The highest BCUT2D eigenvalue weighted by molar-refractivity contribution is 5.76. The number of nitrogens with zero attached hydrogens (tertiary/aromatic N) is 1. The van der Waals surface area contributed by atoms with E-state index >= 15 is 0 Å². The number of carbonyl (C=O) groups is 1. The summed E-state index contributed by atoms with van der Waals surface area (Å²) in [5.41, 5.74) is 0.812. The molecule has 1 heterocycles. The van der Waals surface area contributed by atoms with E-state index in [9.17, 15) is 14.3 Å². The molecule has 2 saturated carbocycles. The molecule has 0 amide bonds. The van der Waals surface area contributed by atoms with Gasteiger partial charge in [-0.1, -0.05) is 18.6 Å². The quantitative estimate of drug-likeness (QED) is 0.662. The number of hydrogen-bond donors (Lipinski definition) is 2. The molecule has 0 aromatic heterocycles. The van der Waals surface area contributed by atoms with Gasteiger partial charge in [0.05, 0.1) is 12.0 Å². The first kappa shape index (κ1) is 20.8. The van der Waals surface area contributed by atoms with E-state index in [2.05, 4.69) is 10.2 Å². The van der Waals surface area contributed by atoms with Crippen molar-refractivity contribution < 1.29 is 19.0 Å². The highest BCUT2D eigenvalue weighted by atomic mass is 19.1. The normalized spacial score (nSPS) is 27.9. The second kappa shape index (κ2) is 8.32. The van der Waals surface area contributed by atoms with Crippen molar-refractivity contribution in [3.63, 3.8) is 0 Å². The van der Waals surface area contributed by atoms with Gasteiger partial charge in [-0.3, -0.25) is 4.79 Å². The molecule has 0 unspecified atom stereocenters. The maximum atomic E-state index is 13.1. The van der Waals surface area contributed by atoms with Gasteiger partial charge in [0.2, 0.25) is 0 Å². The second-order valence-corrected chi connectivity index (χ2v) is 9.53. The van der Waals surface area contributed by atoms with Crippen molar-refractivity contribution in [3.8, 4) is 0 Å². The molecule has 3 fully saturated rings. The Hall–Kier alpha value is -1.50. The number of methoxy groups -OCH3 is 1. The zero-order valence-corrected chi connectivity index (χ0v) is 17.3. The number of rotatable bonds is 9. The van der Waals surface area contributed by atoms with Crippen molar-refractivity contribution in [3.05, 3.63) is 35.6 Å². The Labute approximate surface area is 172 Å². The highest BCUT2D eigenvalue weighted by Crippen LogP contribution is 2.44. The fraction of sp³-hybridized carbons (Fsp3) is 0.696. The Bertz CT molecular complexity index is 711. The van der Waals surface area contributed by atoms with E-state index in [1.54, 1.807) is 19.2 Å². The van der Waals surface area contributed by atoms with Crippen LogP contribution in [-0.2, 0) is 9.53 Å². The number of halogens is 1. The molecule has 0 bridgehead atoms. The molecule has 2 atom stereocenters. The van der Waals surface area contributed by atoms with E-state index in [1.165, 1.54) is 5.56 Å². The van der Waals surface area contributed by atoms with Crippen molar-refractivity contribution in [1.29, 1.82) is 0 Å². The van der Waals surface area contributed by atoms with Gasteiger partial charge in [-0.05, 0) is 62.9 Å². The fourth-order valence-electron chi connectivity index (χ4n) is 5.18. The van der Waals surface area contributed by atoms with Crippen LogP contribution in [0, 0.1) is 16.6 Å². The summed E-state index contributed by atoms with van der Waals surface area (Å²) < 4.78 is 18.7. The van der Waals surface area contributed by atoms with Crippen LogP contribution in [0.3, 0.4) is 0 Å². The molecule has 0 radical (unpaired) electrons. The summed E-state index contributed by atoms with van der Waals surface area (Å²) in [7, 11) is 1.76. The minimum absolute atomic E-state index is 0.108. The van der Waals surface area contributed by atoms with Crippen LogP contribution in [0.4, 0.5) is 4.39 Å². The van der Waals surface area contributed by atoms with Crippen LogP contribution in [0.1, 0.15) is 50.0 Å². The Morgan fingerprint density at radius 3 is 2.48 bits per heavy atom. The van der Waals surface area contributed by atoms with E-state index in [1.807, 2.05) is 12.1 Å². The van der Waals surface area contributed by atoms with Gasteiger partial charge >= 0.3 is 5.97 Å². The minimum Gasteiger partial charge on any atom is -0.481 e. The summed E-state index contributed by atoms with van der Waals surface area (Å²) in [6.45, 7) is 4.21. The van der Waals surface area contributed by atoms with Crippen molar-refractivity contribution in [1.82, 2.24) is 10.2 Å². The molecule has 1 aromatic rings. The number of carboxylic acids is 1. The van der Waals surface area contributed by atoms with Gasteiger partial charge < -0.3 is 20.1 Å². The number of ether oxygens (including phenoxy) is 1. The van der Waals surface area contributed by atoms with Gasteiger partial charge in [-0.25, -0.2) is 4.39 Å². The first-order valence-electron chi connectivity index (χ1n) is 10.9. The van der Waals surface area contributed by atoms with E-state index in [0.29, 0.717) is 18.5 Å². The molecule has 1 aliphatic heterocycles. The van der Waals surface area contributed by atoms with Crippen LogP contribution in [0.5, 0.6) is 0 Å². The average Bonchev–Trinajstić information content (AvgIpc) is 3.45. The largest absolute Gasteiger partial charge is 0.481 e. The summed E-state index contributed by atoms with van der Waals surface area (Å²) in [5, 5.41) is 13.3. The first-order valence-corrected chi connectivity index (χ1v) is 10.9. The maximum Gasteiger partial charge on any atom is 0.310 e. The summed E-state index contributed by atoms with van der Waals surface area (Å²) in [5.74, 6) is -0.333. The third-order valence-corrected chi connectivity index (χ3v) is 7.49. The third kappa shape index (κ3) is 4.49. The van der Waals surface area contributed by atoms with Crippen LogP contribution in [0.2, 0.25) is 0 Å². The molecule has 3 aliphatic rings. The number of likely N-dealkylation sites (tertiary alicyclic amines) is 1. The molecule has 0 spiro atoms. The van der Waals surface area contributed by atoms with Crippen LogP contribution in [0.15, 0.2) is 24.3 Å². The number of nitrogens with one attached hydrogen (secondary N) is 1. The number of carboxylic acid groups (broad SMARTS) is 1. The van der Waals surface area contributed by atoms with Gasteiger partial charge in [-0.15, -0.1) is 0 Å². The summed E-state index contributed by atoms with van der Waals surface area (Å²) in [6.07, 6.45) is 5.82. The smallest absolute Gasteiger partial charge is 0.310 e. The van der Waals surface area contributed by atoms with E-state index < -0.39 is 11.4 Å². The van der Waals surface area contributed by atoms with E-state index in [-0.39, 0.29) is 11.2 Å². The first-order chi connectivity index (χ1) is 14.0. The summed E-state index contributed by atoms with van der Waals surface area (Å²) in [4.78, 5) is 14.0. The Balaban J connectivity index is 1.28. The topological polar surface area (TPSA) is 61.8 Å². The molecule has 2 N–H and O–H groups in total. The minimum atomic E-state index is -0.625. The zero-order valence-electron chi connectivity index (χ0n) is 17.3. The number of benzene rings is 1. The van der Waals surface area contributed by atoms with Crippen LogP contribution in [-0.4, -0.2) is 61.9 Å². The number of aliphatic carboxylic acids is 1. The molecule has 5 nitrogen and oxygen atoms in total. The standard InChI is InChI=1S/C23H33FN2O3/c1-29-16-22(14-25-20-13-19(20)17-3-5-18(24)6-4-17)9-11-26(12-10-22)15-23(21(27)28)7-2-8-23/h3-6,19-20,25H,2,7-16H2,1H3,(H,27,28)/t19-,20+/m0/s1. The molecule has 2 aliphatic carbocycles. The van der Waals surface area contributed by atoms with Gasteiger partial charge in [0, 0.05) is 37.6 Å². The maximum absolute atomic E-state index is 13.1. The monoisotopic (exact) mass is 404 g/mol. The Kier molecular flexibility index (Phi) is 5.96. The van der Waals surface area contributed by atoms with Gasteiger partial charge in [0.1, 0.15) is 5.82 Å². The predicted molar refractivity (Wildman–Crippen MR) is 109 cm³/mol. The number of hydrogen-bond acceptors (Lipinski definition) is 4. The fourth-order valence-corrected chi connectivity index (χ4v) is 5.18. The molecule has 29 heavy (non-hydrogen) atoms. The summed E-state index contributed by atoms with van der Waals surface area (Å²) in [6, 6.07) is 7.32. The van der Waals surface area contributed by atoms with E-state index in [4.69, 9.17) is 4.74 Å². The molecular formula is C23H33FN2O3. The number of piperidine rings is 1. The molecular weight excluding hydrogens is 371 g/mol. The van der Waals surface area contributed by atoms with Gasteiger partial charge in [0.25, 0.3) is 0 Å². The highest BCUT2D eigenvalue weighted by Gasteiger charge is 2.47. The lowest BCUT2D eigenvalue weighted by Gasteiger charge is -2.46. The molecule has 4 rings (SSSR count). The molecule has 1 aromatic carbocycles. The van der Waals surface area contributed by atoms with Crippen molar-refractivity contribution in [2.24, 2.45) is 10.8 Å². The summed E-state index contributed by atoms with van der Waals surface area (Å²) >= 11 is 0. The zero-order chi connectivity index (χ0) is 20.5. The van der Waals surface area contributed by atoms with Crippen LogP contribution in [0.25, 0.3) is 0 Å². The van der Waals surface area contributed by atoms with Gasteiger partial charge in [0.15, 0.2) is 0 Å². The van der Waals surface area contributed by atoms with Crippen LogP contribution < -0.4 is 5.32 Å². The Morgan fingerprint density at radius 2 is 1.93 bits per heavy atom. The predicted octanol–water partition coefficient (Wildman–Crippen LogP) is 3.25. The van der Waals surface area contributed by atoms with Crippen molar-refractivity contribution >= 4 is 5.97 Å². The SMILES string of the molecule is COCC1(CN[C@@H]2C[C@H]2c2ccc(F)cc2)CCN(CC2(C(=O)O)CCC2)CC1. The third-order valence-electron chi connectivity index (χ3n) is 7.49. The molecule has 6 heteroatoms. The van der Waals surface area contributed by atoms with Crippen LogP contribution >= 0.6 is 0 Å². The van der Waals surface area contributed by atoms with Gasteiger partial charge in [-0.2, -0.15) is 0 Å². The molecule has 160 valence electrons. The van der Waals surface area contributed by atoms with Crippen molar-refractivity contribution in [2.75, 3.05) is 39.9 Å². The Morgan fingerprint density at radius 1 is 1.24 bits per heavy atom. The van der Waals surface area contributed by atoms with Crippen molar-refractivity contribution in [2.45, 2.75) is 50.5 Å². The average molecular weight is 405 g/mol. The lowest BCUT2D eigenvalue weighted by Crippen LogP contribution is -2.53. The lowest BCUT2D eigenvalue weighted by molar-refractivity contribution is -0.157. The lowest BCUT2D eigenvalue weighted by atomic mass is 9.68. The van der Waals surface area contributed by atoms with E-state index in [0.717, 1.165) is 64.8 Å².